The number of ketones is 1. The van der Waals surface area contributed by atoms with Crippen molar-refractivity contribution in [2.75, 3.05) is 0 Å². The molecule has 18 heavy (non-hydrogen) atoms. The second-order valence-corrected chi connectivity index (χ2v) is 7.01. The topological polar surface area (TPSA) is 75.0 Å². The Labute approximate surface area is 107 Å². The van der Waals surface area contributed by atoms with Crippen molar-refractivity contribution in [2.24, 2.45) is 5.41 Å². The highest BCUT2D eigenvalue weighted by Crippen LogP contribution is 2.24. The van der Waals surface area contributed by atoms with Crippen LogP contribution < -0.4 is 0 Å². The molecule has 1 aromatic rings. The Morgan fingerprint density at radius 2 is 1.72 bits per heavy atom. The minimum absolute atomic E-state index is 0.00542. The Kier molecular flexibility index (Phi) is 3.92. The van der Waals surface area contributed by atoms with Gasteiger partial charge < -0.3 is 0 Å². The third-order valence-corrected chi connectivity index (χ3v) is 4.35. The predicted molar refractivity (Wildman–Crippen MR) is 67.5 cm³/mol. The summed E-state index contributed by atoms with van der Waals surface area (Å²) >= 11 is 0. The molecule has 0 spiro atoms. The number of hydrogen-bond donors (Lipinski definition) is 0. The molecule has 0 heterocycles. The molecule has 0 aromatic heterocycles. The number of hydrogen-bond acceptors (Lipinski definition) is 4. The second kappa shape index (κ2) is 4.91. The van der Waals surface area contributed by atoms with Gasteiger partial charge in [0.05, 0.1) is 11.0 Å². The summed E-state index contributed by atoms with van der Waals surface area (Å²) < 4.78 is 24.4. The van der Waals surface area contributed by atoms with Crippen molar-refractivity contribution in [1.82, 2.24) is 0 Å². The minimum atomic E-state index is -3.94. The molecule has 1 unspecified atom stereocenters. The minimum Gasteiger partial charge on any atom is -0.296 e. The highest BCUT2D eigenvalue weighted by Gasteiger charge is 2.39. The third kappa shape index (κ3) is 2.77. The molecule has 0 fully saturated rings. The van der Waals surface area contributed by atoms with Gasteiger partial charge in [0.1, 0.15) is 0 Å². The zero-order chi connectivity index (χ0) is 14.0. The van der Waals surface area contributed by atoms with Crippen LogP contribution >= 0.6 is 0 Å². The van der Waals surface area contributed by atoms with Crippen LogP contribution in [0.2, 0.25) is 0 Å². The number of rotatable bonds is 3. The maximum atomic E-state index is 12.2. The Balaban J connectivity index is 3.28. The molecule has 0 aliphatic carbocycles. The SMILES string of the molecule is CC(C)(C)C(=O)C(C#N)S(=O)(=O)c1ccccc1. The van der Waals surface area contributed by atoms with Crippen molar-refractivity contribution in [2.45, 2.75) is 30.9 Å². The first kappa shape index (κ1) is 14.4. The van der Waals surface area contributed by atoms with Crippen LogP contribution in [0.4, 0.5) is 0 Å². The molecule has 1 aromatic carbocycles. The van der Waals surface area contributed by atoms with Crippen molar-refractivity contribution >= 4 is 15.6 Å². The number of Topliss-reactive ketones (excluding diaryl/α,β-unsaturated/α-hetero) is 1. The van der Waals surface area contributed by atoms with Gasteiger partial charge in [-0.25, -0.2) is 8.42 Å². The van der Waals surface area contributed by atoms with Gasteiger partial charge in [-0.2, -0.15) is 5.26 Å². The van der Waals surface area contributed by atoms with Gasteiger partial charge in [-0.3, -0.25) is 4.79 Å². The summed E-state index contributed by atoms with van der Waals surface area (Å²) in [5.41, 5.74) is -0.873. The van der Waals surface area contributed by atoms with Gasteiger partial charge in [-0.1, -0.05) is 39.0 Å². The molecule has 5 heteroatoms. The summed E-state index contributed by atoms with van der Waals surface area (Å²) in [6, 6.07) is 9.17. The van der Waals surface area contributed by atoms with E-state index >= 15 is 0 Å². The molecular weight excluding hydrogens is 250 g/mol. The molecule has 0 bridgehead atoms. The Morgan fingerprint density at radius 3 is 2.11 bits per heavy atom. The molecule has 0 saturated carbocycles. The van der Waals surface area contributed by atoms with Gasteiger partial charge in [-0.15, -0.1) is 0 Å². The second-order valence-electron chi connectivity index (χ2n) is 4.98. The zero-order valence-electron chi connectivity index (χ0n) is 10.5. The van der Waals surface area contributed by atoms with Crippen molar-refractivity contribution < 1.29 is 13.2 Å². The fourth-order valence-corrected chi connectivity index (χ4v) is 2.99. The van der Waals surface area contributed by atoms with Crippen LogP contribution in [0.15, 0.2) is 35.2 Å². The van der Waals surface area contributed by atoms with E-state index in [1.165, 1.54) is 12.1 Å². The Bertz CT molecular complexity index is 577. The lowest BCUT2D eigenvalue weighted by Crippen LogP contribution is -2.37. The fourth-order valence-electron chi connectivity index (χ4n) is 1.41. The van der Waals surface area contributed by atoms with Gasteiger partial charge >= 0.3 is 0 Å². The number of carbonyl (C=O) groups excluding carboxylic acids is 1. The van der Waals surface area contributed by atoms with E-state index in [1.54, 1.807) is 45.0 Å². The van der Waals surface area contributed by atoms with Crippen molar-refractivity contribution in [3.63, 3.8) is 0 Å². The van der Waals surface area contributed by atoms with Gasteiger partial charge in [-0.05, 0) is 12.1 Å². The molecule has 0 N–H and O–H groups in total. The van der Waals surface area contributed by atoms with E-state index in [0.717, 1.165) is 0 Å². The highest BCUT2D eigenvalue weighted by molar-refractivity contribution is 7.93. The summed E-state index contributed by atoms with van der Waals surface area (Å²) in [4.78, 5) is 12.0. The Morgan fingerprint density at radius 1 is 1.22 bits per heavy atom. The molecule has 96 valence electrons. The summed E-state index contributed by atoms with van der Waals surface area (Å²) in [7, 11) is -3.94. The molecule has 0 amide bonds. The van der Waals surface area contributed by atoms with Crippen LogP contribution in [0.3, 0.4) is 0 Å². The number of carbonyl (C=O) groups is 1. The standard InChI is InChI=1S/C13H15NO3S/c1-13(2,3)12(15)11(9-14)18(16,17)10-7-5-4-6-8-10/h4-8,11H,1-3H3. The average molecular weight is 265 g/mol. The van der Waals surface area contributed by atoms with E-state index in [0.29, 0.717) is 0 Å². The monoisotopic (exact) mass is 265 g/mol. The number of benzene rings is 1. The number of sulfone groups is 1. The van der Waals surface area contributed by atoms with Gasteiger partial charge in [0.25, 0.3) is 0 Å². The molecule has 0 aliphatic rings. The fraction of sp³-hybridized carbons (Fsp3) is 0.385. The van der Waals surface area contributed by atoms with Gasteiger partial charge in [0.15, 0.2) is 5.78 Å². The molecular formula is C13H15NO3S. The van der Waals surface area contributed by atoms with Gasteiger partial charge in [0, 0.05) is 5.41 Å². The highest BCUT2D eigenvalue weighted by atomic mass is 32.2. The van der Waals surface area contributed by atoms with Crippen LogP contribution in [0, 0.1) is 16.7 Å². The van der Waals surface area contributed by atoms with Crippen LogP contribution in [0.1, 0.15) is 20.8 Å². The molecule has 1 atom stereocenters. The molecule has 1 rings (SSSR count). The van der Waals surface area contributed by atoms with Crippen LogP contribution in [0.5, 0.6) is 0 Å². The van der Waals surface area contributed by atoms with Gasteiger partial charge in [0.2, 0.25) is 15.1 Å². The van der Waals surface area contributed by atoms with Crippen LogP contribution in [-0.2, 0) is 14.6 Å². The maximum Gasteiger partial charge on any atom is 0.210 e. The van der Waals surface area contributed by atoms with E-state index in [9.17, 15) is 13.2 Å². The zero-order valence-corrected chi connectivity index (χ0v) is 11.4. The first-order valence-corrected chi connectivity index (χ1v) is 6.99. The van der Waals surface area contributed by atoms with Crippen molar-refractivity contribution in [1.29, 1.82) is 5.26 Å². The first-order chi connectivity index (χ1) is 8.21. The largest absolute Gasteiger partial charge is 0.296 e. The molecule has 4 nitrogen and oxygen atoms in total. The van der Waals surface area contributed by atoms with E-state index in [1.807, 2.05) is 0 Å². The normalized spacial score (nSPS) is 13.7. The smallest absolute Gasteiger partial charge is 0.210 e. The van der Waals surface area contributed by atoms with E-state index in [-0.39, 0.29) is 4.90 Å². The third-order valence-electron chi connectivity index (χ3n) is 2.48. The lowest BCUT2D eigenvalue weighted by molar-refractivity contribution is -0.124. The summed E-state index contributed by atoms with van der Waals surface area (Å²) in [6.45, 7) is 4.79. The van der Waals surface area contributed by atoms with Crippen LogP contribution in [0.25, 0.3) is 0 Å². The van der Waals surface area contributed by atoms with Crippen LogP contribution in [-0.4, -0.2) is 19.5 Å². The van der Waals surface area contributed by atoms with Crippen molar-refractivity contribution in [3.8, 4) is 6.07 Å². The number of nitrogens with zero attached hydrogens (tertiary/aromatic N) is 1. The quantitative estimate of drug-likeness (QED) is 0.837. The van der Waals surface area contributed by atoms with E-state index in [4.69, 9.17) is 5.26 Å². The lowest BCUT2D eigenvalue weighted by atomic mass is 9.89. The summed E-state index contributed by atoms with van der Waals surface area (Å²) in [5.74, 6) is -0.589. The number of nitriles is 1. The Hall–Kier alpha value is -1.67. The predicted octanol–water partition coefficient (Wildman–Crippen LogP) is 1.97. The lowest BCUT2D eigenvalue weighted by Gasteiger charge is -2.20. The average Bonchev–Trinajstić information content (AvgIpc) is 2.29. The molecule has 0 aliphatic heterocycles. The van der Waals surface area contributed by atoms with Crippen molar-refractivity contribution in [3.05, 3.63) is 30.3 Å². The maximum absolute atomic E-state index is 12.2. The summed E-state index contributed by atoms with van der Waals surface area (Å²) in [6.07, 6.45) is 0. The summed E-state index contributed by atoms with van der Waals surface area (Å²) in [5, 5.41) is 7.35. The molecule has 0 saturated heterocycles. The van der Waals surface area contributed by atoms with E-state index in [2.05, 4.69) is 0 Å². The first-order valence-electron chi connectivity index (χ1n) is 5.44. The molecule has 0 radical (unpaired) electrons. The van der Waals surface area contributed by atoms with E-state index < -0.39 is 26.3 Å².